The van der Waals surface area contributed by atoms with Crippen LogP contribution in [-0.2, 0) is 0 Å². The van der Waals surface area contributed by atoms with Crippen LogP contribution < -0.4 is 0 Å². The molecular weight excluding hydrogens is 400 g/mol. The van der Waals surface area contributed by atoms with Crippen LogP contribution >= 0.6 is 0 Å². The maximum atomic E-state index is 10.3. The fourth-order valence-electron chi connectivity index (χ4n) is 3.29. The van der Waals surface area contributed by atoms with Gasteiger partial charge in [0, 0.05) is 23.5 Å². The third kappa shape index (κ3) is 4.87. The predicted octanol–water partition coefficient (Wildman–Crippen LogP) is 4.26. The van der Waals surface area contributed by atoms with Crippen molar-refractivity contribution in [3.63, 3.8) is 0 Å². The number of pyridine rings is 2. The lowest BCUT2D eigenvalue weighted by atomic mass is 10.1. The van der Waals surface area contributed by atoms with Gasteiger partial charge in [-0.25, -0.2) is 0 Å². The van der Waals surface area contributed by atoms with E-state index in [2.05, 4.69) is 9.97 Å². The molecule has 0 fully saturated rings. The van der Waals surface area contributed by atoms with Crippen LogP contribution in [0.5, 0.6) is 11.5 Å². The van der Waals surface area contributed by atoms with Crippen molar-refractivity contribution in [3.05, 3.63) is 120 Å². The van der Waals surface area contributed by atoms with E-state index in [1.165, 1.54) is 0 Å². The van der Waals surface area contributed by atoms with Gasteiger partial charge in [-0.15, -0.1) is 0 Å². The Morgan fingerprint density at radius 2 is 0.969 bits per heavy atom. The van der Waals surface area contributed by atoms with E-state index >= 15 is 0 Å². The van der Waals surface area contributed by atoms with Gasteiger partial charge in [-0.2, -0.15) is 0 Å². The van der Waals surface area contributed by atoms with E-state index < -0.39 is 0 Å². The topological polar surface area (TPSA) is 91.0 Å². The second-order valence-electron chi connectivity index (χ2n) is 6.92. The number of phenols is 2. The third-order valence-corrected chi connectivity index (χ3v) is 4.77. The van der Waals surface area contributed by atoms with Crippen molar-refractivity contribution in [3.8, 4) is 11.5 Å². The van der Waals surface area contributed by atoms with Gasteiger partial charge in [0.15, 0.2) is 0 Å². The zero-order chi connectivity index (χ0) is 22.2. The third-order valence-electron chi connectivity index (χ3n) is 4.77. The minimum atomic E-state index is 0.142. The zero-order valence-electron chi connectivity index (χ0n) is 17.3. The van der Waals surface area contributed by atoms with Crippen LogP contribution in [0.15, 0.2) is 107 Å². The molecule has 0 amide bonds. The predicted molar refractivity (Wildman–Crippen MR) is 126 cm³/mol. The Morgan fingerprint density at radius 1 is 0.562 bits per heavy atom. The van der Waals surface area contributed by atoms with Crippen molar-refractivity contribution in [2.45, 2.75) is 0 Å². The molecule has 32 heavy (non-hydrogen) atoms. The Hall–Kier alpha value is -4.32. The minimum Gasteiger partial charge on any atom is -0.507 e. The first-order valence-electron chi connectivity index (χ1n) is 10.2. The second-order valence-corrected chi connectivity index (χ2v) is 6.92. The first-order valence-corrected chi connectivity index (χ1v) is 10.2. The van der Waals surface area contributed by atoms with Gasteiger partial charge >= 0.3 is 0 Å². The molecule has 4 aromatic rings. The molecule has 6 nitrogen and oxygen atoms in total. The van der Waals surface area contributed by atoms with E-state index in [1.807, 2.05) is 60.7 Å². The molecule has 0 aliphatic heterocycles. The lowest BCUT2D eigenvalue weighted by Crippen LogP contribution is -2.10. The summed E-state index contributed by atoms with van der Waals surface area (Å²) in [7, 11) is 0. The van der Waals surface area contributed by atoms with Crippen molar-refractivity contribution < 1.29 is 10.2 Å². The number of hydrogen-bond acceptors (Lipinski definition) is 6. The monoisotopic (exact) mass is 422 g/mol. The van der Waals surface area contributed by atoms with Crippen LogP contribution in [0.4, 0.5) is 0 Å². The maximum Gasteiger partial charge on any atom is 0.125 e. The van der Waals surface area contributed by atoms with Gasteiger partial charge < -0.3 is 10.2 Å². The van der Waals surface area contributed by atoms with Gasteiger partial charge in [-0.05, 0) is 48.5 Å². The molecule has 4 rings (SSSR count). The van der Waals surface area contributed by atoms with Gasteiger partial charge in [-0.1, -0.05) is 36.4 Å². The summed E-state index contributed by atoms with van der Waals surface area (Å²) in [5.74, 6) is 0.285. The van der Waals surface area contributed by atoms with Gasteiger partial charge in [0.05, 0.1) is 35.9 Å². The van der Waals surface area contributed by atoms with Crippen LogP contribution in [0.25, 0.3) is 0 Å². The van der Waals surface area contributed by atoms with Crippen molar-refractivity contribution in [2.24, 2.45) is 9.98 Å². The number of nitrogens with zero attached hydrogens (tertiary/aromatic N) is 4. The Morgan fingerprint density at radius 3 is 1.34 bits per heavy atom. The molecule has 0 saturated carbocycles. The lowest BCUT2D eigenvalue weighted by molar-refractivity contribution is 0.473. The number of hydrogen-bond donors (Lipinski definition) is 2. The number of rotatable bonds is 7. The van der Waals surface area contributed by atoms with Gasteiger partial charge in [-0.3, -0.25) is 20.0 Å². The fraction of sp³-hybridized carbons (Fsp3) is 0.0769. The van der Waals surface area contributed by atoms with Crippen LogP contribution in [0, 0.1) is 0 Å². The molecule has 2 N–H and O–H groups in total. The van der Waals surface area contributed by atoms with Crippen molar-refractivity contribution >= 4 is 11.4 Å². The summed E-state index contributed by atoms with van der Waals surface area (Å²) in [4.78, 5) is 18.2. The maximum absolute atomic E-state index is 10.3. The molecule has 0 aliphatic rings. The molecule has 0 saturated heterocycles. The molecule has 0 bridgehead atoms. The van der Waals surface area contributed by atoms with Crippen LogP contribution in [-0.4, -0.2) is 44.7 Å². The first-order chi connectivity index (χ1) is 15.7. The van der Waals surface area contributed by atoms with Gasteiger partial charge in [0.1, 0.15) is 11.5 Å². The first kappa shape index (κ1) is 20.9. The highest BCUT2D eigenvalue weighted by Gasteiger charge is 2.13. The average Bonchev–Trinajstić information content (AvgIpc) is 2.84. The summed E-state index contributed by atoms with van der Waals surface area (Å²) in [5.41, 5.74) is 3.76. The molecular formula is C26H22N4O2. The zero-order valence-corrected chi connectivity index (χ0v) is 17.3. The normalized spacial score (nSPS) is 12.0. The minimum absolute atomic E-state index is 0.142. The van der Waals surface area contributed by atoms with E-state index in [1.54, 1.807) is 36.7 Å². The molecule has 0 aliphatic carbocycles. The molecule has 2 aromatic carbocycles. The highest BCUT2D eigenvalue weighted by atomic mass is 16.3. The highest BCUT2D eigenvalue weighted by Crippen LogP contribution is 2.21. The molecule has 0 spiro atoms. The lowest BCUT2D eigenvalue weighted by Gasteiger charge is -2.10. The summed E-state index contributed by atoms with van der Waals surface area (Å²) >= 11 is 0. The Kier molecular flexibility index (Phi) is 6.63. The molecule has 158 valence electrons. The van der Waals surface area contributed by atoms with Crippen LogP contribution in [0.3, 0.4) is 0 Å². The summed E-state index contributed by atoms with van der Waals surface area (Å²) in [6, 6.07) is 25.3. The van der Waals surface area contributed by atoms with E-state index in [4.69, 9.17) is 9.98 Å². The molecule has 0 radical (unpaired) electrons. The van der Waals surface area contributed by atoms with Crippen molar-refractivity contribution in [1.29, 1.82) is 0 Å². The number of para-hydroxylation sites is 2. The molecule has 2 aromatic heterocycles. The quantitative estimate of drug-likeness (QED) is 0.344. The Bertz CT molecular complexity index is 1140. The van der Waals surface area contributed by atoms with E-state index in [0.717, 1.165) is 0 Å². The number of aliphatic imine (C=N–C) groups is 2. The number of benzene rings is 2. The van der Waals surface area contributed by atoms with Crippen molar-refractivity contribution in [2.75, 3.05) is 13.1 Å². The van der Waals surface area contributed by atoms with Crippen LogP contribution in [0.2, 0.25) is 0 Å². The highest BCUT2D eigenvalue weighted by molar-refractivity contribution is 6.14. The smallest absolute Gasteiger partial charge is 0.125 e. The fourth-order valence-corrected chi connectivity index (χ4v) is 3.29. The molecule has 6 heteroatoms. The van der Waals surface area contributed by atoms with Crippen molar-refractivity contribution in [1.82, 2.24) is 9.97 Å². The van der Waals surface area contributed by atoms with Gasteiger partial charge in [0.25, 0.3) is 0 Å². The number of phenolic OH excluding ortho intramolecular Hbond substituents is 2. The van der Waals surface area contributed by atoms with E-state index in [-0.39, 0.29) is 11.5 Å². The van der Waals surface area contributed by atoms with Gasteiger partial charge in [0.2, 0.25) is 0 Å². The van der Waals surface area contributed by atoms with E-state index in [0.29, 0.717) is 47.0 Å². The summed E-state index contributed by atoms with van der Waals surface area (Å²) in [6.45, 7) is 0.730. The number of aromatic hydroxyl groups is 2. The largest absolute Gasteiger partial charge is 0.507 e. The SMILES string of the molecule is Oc1ccccc1C(=NCCN=C(c1ccccn1)c1ccccc1O)c1ccccn1. The summed E-state index contributed by atoms with van der Waals surface area (Å²) in [5, 5.41) is 20.7. The standard InChI is InChI=1S/C26H22N4O2/c31-23-13-3-1-9-19(23)25(21-11-5-7-15-27-21)29-17-18-30-26(22-12-6-8-16-28-22)20-10-2-4-14-24(20)32/h1-16,31-32H,17-18H2. The molecule has 2 heterocycles. The molecule has 0 unspecified atom stereocenters. The van der Waals surface area contributed by atoms with Crippen LogP contribution in [0.1, 0.15) is 22.5 Å². The summed E-state index contributed by atoms with van der Waals surface area (Å²) < 4.78 is 0. The van der Waals surface area contributed by atoms with E-state index in [9.17, 15) is 10.2 Å². The number of aromatic nitrogens is 2. The Balaban J connectivity index is 1.66. The Labute approximate surface area is 186 Å². The average molecular weight is 422 g/mol. The molecule has 0 atom stereocenters. The second kappa shape index (κ2) is 10.1. The summed E-state index contributed by atoms with van der Waals surface area (Å²) in [6.07, 6.45) is 3.39.